The minimum Gasteiger partial charge on any atom is -0.452 e. The molecule has 1 amide bonds. The van der Waals surface area contributed by atoms with Crippen molar-refractivity contribution in [1.29, 1.82) is 0 Å². The number of ether oxygens (including phenoxy) is 2. The third kappa shape index (κ3) is 6.14. The Labute approximate surface area is 185 Å². The van der Waals surface area contributed by atoms with Gasteiger partial charge in [0.25, 0.3) is 17.4 Å². The molecule has 9 nitrogen and oxygen atoms in total. The van der Waals surface area contributed by atoms with Crippen LogP contribution in [0.1, 0.15) is 10.4 Å². The molecule has 32 heavy (non-hydrogen) atoms. The van der Waals surface area contributed by atoms with Gasteiger partial charge in [0.15, 0.2) is 6.61 Å². The fraction of sp³-hybridized carbons (Fsp3) is 0.300. The Balaban J connectivity index is 1.64. The summed E-state index contributed by atoms with van der Waals surface area (Å²) in [4.78, 5) is 37.3. The zero-order chi connectivity index (χ0) is 23.1. The maximum absolute atomic E-state index is 12.6. The molecule has 1 saturated heterocycles. The minimum atomic E-state index is -2.66. The van der Waals surface area contributed by atoms with Crippen LogP contribution in [0.5, 0.6) is 0 Å². The normalized spacial score (nSPS) is 13.7. The van der Waals surface area contributed by atoms with Crippen LogP contribution in [0.2, 0.25) is 0 Å². The number of morpholine rings is 1. The van der Waals surface area contributed by atoms with E-state index in [0.29, 0.717) is 32.0 Å². The first-order valence-corrected chi connectivity index (χ1v) is 10.3. The smallest absolute Gasteiger partial charge is 0.338 e. The number of thioether (sulfide) groups is 1. The second-order valence-electron chi connectivity index (χ2n) is 6.56. The fourth-order valence-corrected chi connectivity index (χ4v) is 3.63. The number of nitro benzene ring substituents is 1. The fourth-order valence-electron chi connectivity index (χ4n) is 3.04. The number of para-hydroxylation sites is 1. The molecular formula is C20H19F2N3O6S. The molecule has 0 aliphatic carbocycles. The molecule has 1 heterocycles. The van der Waals surface area contributed by atoms with Gasteiger partial charge < -0.3 is 19.7 Å². The third-order valence-corrected chi connectivity index (χ3v) is 5.26. The first kappa shape index (κ1) is 23.4. The van der Waals surface area contributed by atoms with Crippen LogP contribution in [0.3, 0.4) is 0 Å². The molecule has 0 aromatic heterocycles. The molecule has 0 saturated carbocycles. The molecule has 3 rings (SSSR count). The Morgan fingerprint density at radius 1 is 1.22 bits per heavy atom. The van der Waals surface area contributed by atoms with Crippen LogP contribution in [0.25, 0.3) is 0 Å². The number of carbonyl (C=O) groups is 2. The van der Waals surface area contributed by atoms with E-state index in [1.54, 1.807) is 17.0 Å². The Morgan fingerprint density at radius 3 is 2.62 bits per heavy atom. The van der Waals surface area contributed by atoms with E-state index in [9.17, 15) is 28.5 Å². The molecule has 0 unspecified atom stereocenters. The number of hydrogen-bond donors (Lipinski definition) is 1. The number of hydrogen-bond acceptors (Lipinski definition) is 8. The van der Waals surface area contributed by atoms with E-state index in [1.165, 1.54) is 24.3 Å². The zero-order valence-electron chi connectivity index (χ0n) is 16.7. The Bertz CT molecular complexity index is 1000. The molecular weight excluding hydrogens is 448 g/mol. The summed E-state index contributed by atoms with van der Waals surface area (Å²) in [5, 5.41) is 13.9. The third-order valence-electron chi connectivity index (χ3n) is 4.47. The number of esters is 1. The van der Waals surface area contributed by atoms with E-state index in [4.69, 9.17) is 9.47 Å². The highest BCUT2D eigenvalue weighted by Gasteiger charge is 2.24. The quantitative estimate of drug-likeness (QED) is 0.272. The SMILES string of the molecule is O=C(COC(=O)c1ccc(N2CCOCC2)c([N+](=O)[O-])c1)Nc1ccccc1SC(F)F. The predicted molar refractivity (Wildman–Crippen MR) is 113 cm³/mol. The highest BCUT2D eigenvalue weighted by Crippen LogP contribution is 2.32. The van der Waals surface area contributed by atoms with Gasteiger partial charge in [0, 0.05) is 24.1 Å². The number of nitrogens with one attached hydrogen (secondary N) is 1. The number of halogens is 2. The van der Waals surface area contributed by atoms with Gasteiger partial charge in [-0.25, -0.2) is 4.79 Å². The van der Waals surface area contributed by atoms with Crippen molar-refractivity contribution in [3.05, 3.63) is 58.1 Å². The van der Waals surface area contributed by atoms with E-state index in [0.717, 1.165) is 6.07 Å². The van der Waals surface area contributed by atoms with Gasteiger partial charge in [0.1, 0.15) is 5.69 Å². The molecule has 0 radical (unpaired) electrons. The summed E-state index contributed by atoms with van der Waals surface area (Å²) in [7, 11) is 0. The topological polar surface area (TPSA) is 111 Å². The number of amides is 1. The second-order valence-corrected chi connectivity index (χ2v) is 7.59. The highest BCUT2D eigenvalue weighted by molar-refractivity contribution is 7.99. The Morgan fingerprint density at radius 2 is 1.94 bits per heavy atom. The number of nitro groups is 1. The molecule has 1 N–H and O–H groups in total. The van der Waals surface area contributed by atoms with Crippen molar-refractivity contribution in [2.75, 3.05) is 43.1 Å². The summed E-state index contributed by atoms with van der Waals surface area (Å²) in [6.45, 7) is 1.15. The van der Waals surface area contributed by atoms with Crippen molar-refractivity contribution < 1.29 is 32.8 Å². The van der Waals surface area contributed by atoms with Crippen LogP contribution in [-0.2, 0) is 14.3 Å². The lowest BCUT2D eigenvalue weighted by atomic mass is 10.1. The number of carbonyl (C=O) groups excluding carboxylic acids is 2. The van der Waals surface area contributed by atoms with E-state index < -0.39 is 29.2 Å². The monoisotopic (exact) mass is 467 g/mol. The molecule has 170 valence electrons. The van der Waals surface area contributed by atoms with Crippen LogP contribution in [0.15, 0.2) is 47.4 Å². The maximum atomic E-state index is 12.6. The number of rotatable bonds is 8. The molecule has 12 heteroatoms. The number of alkyl halides is 2. The van der Waals surface area contributed by atoms with Gasteiger partial charge in [0.05, 0.1) is 29.4 Å². The number of nitrogens with zero attached hydrogens (tertiary/aromatic N) is 2. The lowest BCUT2D eigenvalue weighted by Gasteiger charge is -2.28. The molecule has 1 aliphatic rings. The summed E-state index contributed by atoms with van der Waals surface area (Å²) in [5.41, 5.74) is 0.170. The summed E-state index contributed by atoms with van der Waals surface area (Å²) in [6.07, 6.45) is 0. The van der Waals surface area contributed by atoms with Crippen LogP contribution in [-0.4, -0.2) is 55.5 Å². The van der Waals surface area contributed by atoms with Crippen LogP contribution in [0, 0.1) is 10.1 Å². The van der Waals surface area contributed by atoms with E-state index in [2.05, 4.69) is 5.32 Å². The van der Waals surface area contributed by atoms with Gasteiger partial charge in [-0.3, -0.25) is 14.9 Å². The number of anilines is 2. The van der Waals surface area contributed by atoms with Crippen molar-refractivity contribution in [3.8, 4) is 0 Å². The lowest BCUT2D eigenvalue weighted by molar-refractivity contribution is -0.384. The molecule has 0 atom stereocenters. The van der Waals surface area contributed by atoms with Crippen molar-refractivity contribution in [1.82, 2.24) is 0 Å². The standard InChI is InChI=1S/C20H19F2N3O6S/c21-20(22)32-17-4-2-1-3-14(17)23-18(26)12-31-19(27)13-5-6-15(16(11-13)25(28)29)24-7-9-30-10-8-24/h1-6,11,20H,7-10,12H2,(H,23,26). The minimum absolute atomic E-state index is 0.0878. The molecule has 1 fully saturated rings. The zero-order valence-corrected chi connectivity index (χ0v) is 17.5. The average Bonchev–Trinajstić information content (AvgIpc) is 2.78. The molecule has 2 aromatic carbocycles. The van der Waals surface area contributed by atoms with Gasteiger partial charge in [-0.1, -0.05) is 23.9 Å². The largest absolute Gasteiger partial charge is 0.452 e. The average molecular weight is 467 g/mol. The molecule has 0 bridgehead atoms. The first-order chi connectivity index (χ1) is 15.3. The van der Waals surface area contributed by atoms with Crippen molar-refractivity contribution in [2.45, 2.75) is 10.7 Å². The van der Waals surface area contributed by atoms with Gasteiger partial charge >= 0.3 is 5.97 Å². The van der Waals surface area contributed by atoms with Crippen molar-refractivity contribution in [3.63, 3.8) is 0 Å². The van der Waals surface area contributed by atoms with Crippen molar-refractivity contribution >= 4 is 40.7 Å². The molecule has 1 aliphatic heterocycles. The highest BCUT2D eigenvalue weighted by atomic mass is 32.2. The van der Waals surface area contributed by atoms with Crippen LogP contribution >= 0.6 is 11.8 Å². The van der Waals surface area contributed by atoms with Gasteiger partial charge in [-0.2, -0.15) is 8.78 Å². The van der Waals surface area contributed by atoms with E-state index >= 15 is 0 Å². The lowest BCUT2D eigenvalue weighted by Crippen LogP contribution is -2.36. The Kier molecular flexibility index (Phi) is 7.95. The predicted octanol–water partition coefficient (Wildman–Crippen LogP) is 3.54. The van der Waals surface area contributed by atoms with Crippen LogP contribution in [0.4, 0.5) is 25.8 Å². The van der Waals surface area contributed by atoms with Gasteiger partial charge in [0.2, 0.25) is 0 Å². The van der Waals surface area contributed by atoms with E-state index in [1.807, 2.05) is 0 Å². The Hall–Kier alpha value is -3.25. The molecule has 0 spiro atoms. The summed E-state index contributed by atoms with van der Waals surface area (Å²) in [6, 6.07) is 9.91. The van der Waals surface area contributed by atoms with Gasteiger partial charge in [-0.05, 0) is 24.3 Å². The first-order valence-electron chi connectivity index (χ1n) is 9.47. The van der Waals surface area contributed by atoms with E-state index in [-0.39, 0.29) is 33.6 Å². The maximum Gasteiger partial charge on any atom is 0.338 e. The summed E-state index contributed by atoms with van der Waals surface area (Å²) < 4.78 is 35.5. The van der Waals surface area contributed by atoms with Gasteiger partial charge in [-0.15, -0.1) is 0 Å². The summed E-state index contributed by atoms with van der Waals surface area (Å²) >= 11 is 0.274. The number of benzene rings is 2. The van der Waals surface area contributed by atoms with Crippen LogP contribution < -0.4 is 10.2 Å². The van der Waals surface area contributed by atoms with Crippen molar-refractivity contribution in [2.24, 2.45) is 0 Å². The molecule has 2 aromatic rings. The summed E-state index contributed by atoms with van der Waals surface area (Å²) in [5.74, 6) is -4.32. The second kappa shape index (κ2) is 10.9.